The van der Waals surface area contributed by atoms with Gasteiger partial charge in [-0.15, -0.1) is 0 Å². The first-order valence-corrected chi connectivity index (χ1v) is 7.21. The fourth-order valence-electron chi connectivity index (χ4n) is 1.62. The van der Waals surface area contributed by atoms with Crippen molar-refractivity contribution in [2.75, 3.05) is 0 Å². The van der Waals surface area contributed by atoms with Gasteiger partial charge in [0.15, 0.2) is 0 Å². The largest absolute Gasteiger partial charge is 0.238 e. The van der Waals surface area contributed by atoms with Gasteiger partial charge in [-0.3, -0.25) is 0 Å². The molecule has 0 atom stereocenters. The molecule has 0 heterocycles. The number of rotatable bonds is 2. The topological polar surface area (TPSA) is 60.2 Å². The van der Waals surface area contributed by atoms with Gasteiger partial charge in [-0.1, -0.05) is 52.3 Å². The van der Waals surface area contributed by atoms with Crippen LogP contribution in [0, 0.1) is 0 Å². The molecule has 2 rings (SSSR count). The van der Waals surface area contributed by atoms with Gasteiger partial charge >= 0.3 is 0 Å². The van der Waals surface area contributed by atoms with Crippen LogP contribution in [-0.4, -0.2) is 8.42 Å². The fraction of sp³-hybridized carbons (Fsp3) is 0. The van der Waals surface area contributed by atoms with Crippen molar-refractivity contribution in [2.45, 2.75) is 4.90 Å². The van der Waals surface area contributed by atoms with E-state index in [9.17, 15) is 8.42 Å². The Hall–Kier alpha value is -1.17. The maximum atomic E-state index is 11.5. The Morgan fingerprint density at radius 2 is 1.41 bits per heavy atom. The predicted octanol–water partition coefficient (Wildman–Crippen LogP) is 2.76. The summed E-state index contributed by atoms with van der Waals surface area (Å²) in [5.41, 5.74) is 1.40. The molecule has 17 heavy (non-hydrogen) atoms. The van der Waals surface area contributed by atoms with Gasteiger partial charge in [0.05, 0.1) is 4.90 Å². The third-order valence-electron chi connectivity index (χ3n) is 2.36. The molecule has 0 aliphatic heterocycles. The lowest BCUT2D eigenvalue weighted by Crippen LogP contribution is -2.13. The van der Waals surface area contributed by atoms with Crippen molar-refractivity contribution < 1.29 is 8.42 Å². The van der Waals surface area contributed by atoms with Gasteiger partial charge in [0.25, 0.3) is 0 Å². The van der Waals surface area contributed by atoms with Crippen LogP contribution >= 0.6 is 15.9 Å². The predicted molar refractivity (Wildman–Crippen MR) is 71.0 cm³/mol. The molecule has 2 N–H and O–H groups in total. The fourth-order valence-corrected chi connectivity index (χ4v) is 2.87. The van der Waals surface area contributed by atoms with E-state index in [0.717, 1.165) is 10.0 Å². The summed E-state index contributed by atoms with van der Waals surface area (Å²) in [6.45, 7) is 0. The molecule has 0 aliphatic carbocycles. The van der Waals surface area contributed by atoms with Crippen LogP contribution < -0.4 is 5.14 Å². The molecule has 0 aliphatic rings. The summed E-state index contributed by atoms with van der Waals surface area (Å²) in [5.74, 6) is 0. The van der Waals surface area contributed by atoms with Gasteiger partial charge in [-0.05, 0) is 17.7 Å². The van der Waals surface area contributed by atoms with Crippen LogP contribution in [0.4, 0.5) is 0 Å². The minimum Gasteiger partial charge on any atom is -0.225 e. The molecule has 0 radical (unpaired) electrons. The van der Waals surface area contributed by atoms with E-state index in [1.165, 1.54) is 6.07 Å². The zero-order chi connectivity index (χ0) is 12.5. The molecule has 0 saturated heterocycles. The van der Waals surface area contributed by atoms with Crippen molar-refractivity contribution in [3.8, 4) is 11.1 Å². The lowest BCUT2D eigenvalue weighted by atomic mass is 10.1. The van der Waals surface area contributed by atoms with Crippen molar-refractivity contribution in [2.24, 2.45) is 5.14 Å². The van der Waals surface area contributed by atoms with E-state index < -0.39 is 10.0 Å². The first-order valence-electron chi connectivity index (χ1n) is 4.87. The third kappa shape index (κ3) is 2.57. The number of halogens is 1. The van der Waals surface area contributed by atoms with Crippen LogP contribution in [0.5, 0.6) is 0 Å². The maximum absolute atomic E-state index is 11.5. The van der Waals surface area contributed by atoms with Crippen molar-refractivity contribution in [3.05, 3.63) is 53.0 Å². The molecule has 2 aromatic carbocycles. The Morgan fingerprint density at radius 3 is 2.00 bits per heavy atom. The summed E-state index contributed by atoms with van der Waals surface area (Å²) >= 11 is 3.40. The summed E-state index contributed by atoms with van der Waals surface area (Å²) in [6.07, 6.45) is 0. The second kappa shape index (κ2) is 4.60. The second-order valence-corrected chi connectivity index (χ2v) is 5.91. The van der Waals surface area contributed by atoms with Crippen LogP contribution in [0.25, 0.3) is 11.1 Å². The van der Waals surface area contributed by atoms with Gasteiger partial charge in [-0.25, -0.2) is 13.6 Å². The van der Waals surface area contributed by atoms with E-state index in [2.05, 4.69) is 15.9 Å². The van der Waals surface area contributed by atoms with Gasteiger partial charge in [0.1, 0.15) is 0 Å². The van der Waals surface area contributed by atoms with Crippen LogP contribution in [-0.2, 0) is 10.0 Å². The van der Waals surface area contributed by atoms with Crippen LogP contribution in [0.15, 0.2) is 57.9 Å². The van der Waals surface area contributed by atoms with E-state index in [1.54, 1.807) is 18.2 Å². The Morgan fingerprint density at radius 1 is 0.882 bits per heavy atom. The summed E-state index contributed by atoms with van der Waals surface area (Å²) in [7, 11) is -3.72. The van der Waals surface area contributed by atoms with Crippen molar-refractivity contribution in [3.63, 3.8) is 0 Å². The zero-order valence-corrected chi connectivity index (χ0v) is 11.2. The van der Waals surface area contributed by atoms with Gasteiger partial charge in [-0.2, -0.15) is 0 Å². The monoisotopic (exact) mass is 311 g/mol. The molecule has 0 saturated carbocycles. The highest BCUT2D eigenvalue weighted by atomic mass is 79.9. The van der Waals surface area contributed by atoms with Crippen molar-refractivity contribution >= 4 is 26.0 Å². The Balaban J connectivity index is 2.74. The number of hydrogen-bond donors (Lipinski definition) is 1. The number of hydrogen-bond acceptors (Lipinski definition) is 2. The Bertz CT molecular complexity index is 653. The van der Waals surface area contributed by atoms with E-state index in [-0.39, 0.29) is 4.90 Å². The number of nitrogens with two attached hydrogens (primary N) is 1. The summed E-state index contributed by atoms with van der Waals surface area (Å²) in [5, 5.41) is 5.20. The highest BCUT2D eigenvalue weighted by Crippen LogP contribution is 2.32. The quantitative estimate of drug-likeness (QED) is 0.927. The second-order valence-electron chi connectivity index (χ2n) is 3.52. The van der Waals surface area contributed by atoms with Gasteiger partial charge in [0.2, 0.25) is 10.0 Å². The highest BCUT2D eigenvalue weighted by molar-refractivity contribution is 9.10. The van der Waals surface area contributed by atoms with E-state index in [1.807, 2.05) is 24.3 Å². The van der Waals surface area contributed by atoms with E-state index >= 15 is 0 Å². The first-order chi connectivity index (χ1) is 8.00. The molecule has 0 unspecified atom stereocenters. The highest BCUT2D eigenvalue weighted by Gasteiger charge is 2.15. The van der Waals surface area contributed by atoms with Gasteiger partial charge < -0.3 is 0 Å². The molecule has 0 bridgehead atoms. The molecule has 0 amide bonds. The first kappa shape index (κ1) is 12.3. The minimum atomic E-state index is -3.72. The summed E-state index contributed by atoms with van der Waals surface area (Å²) in [4.78, 5) is 0.131. The van der Waals surface area contributed by atoms with Crippen LogP contribution in [0.2, 0.25) is 0 Å². The zero-order valence-electron chi connectivity index (χ0n) is 8.80. The number of primary sulfonamides is 1. The molecular formula is C12H10BrNO2S. The number of benzene rings is 2. The molecular weight excluding hydrogens is 302 g/mol. The smallest absolute Gasteiger partial charge is 0.225 e. The molecule has 0 fully saturated rings. The standard InChI is InChI=1S/C12H10BrNO2S/c13-11-7-3-1-5-9(11)10-6-2-4-8-12(10)17(14,15)16/h1-8H,(H2,14,15,16). The van der Waals surface area contributed by atoms with Crippen LogP contribution in [0.1, 0.15) is 0 Å². The molecule has 0 spiro atoms. The summed E-state index contributed by atoms with van der Waals surface area (Å²) in [6, 6.07) is 14.1. The third-order valence-corrected chi connectivity index (χ3v) is 4.02. The minimum absolute atomic E-state index is 0.131. The summed E-state index contributed by atoms with van der Waals surface area (Å²) < 4.78 is 23.8. The molecule has 0 aromatic heterocycles. The Kier molecular flexibility index (Phi) is 3.33. The SMILES string of the molecule is NS(=O)(=O)c1ccccc1-c1ccccc1Br. The van der Waals surface area contributed by atoms with Crippen LogP contribution in [0.3, 0.4) is 0 Å². The van der Waals surface area contributed by atoms with Crippen molar-refractivity contribution in [1.82, 2.24) is 0 Å². The van der Waals surface area contributed by atoms with Gasteiger partial charge in [0, 0.05) is 10.0 Å². The average Bonchev–Trinajstić information content (AvgIpc) is 2.28. The normalized spacial score (nSPS) is 11.4. The Labute approximate surface area is 108 Å². The lowest BCUT2D eigenvalue weighted by molar-refractivity contribution is 0.598. The number of sulfonamides is 1. The van der Waals surface area contributed by atoms with Crippen molar-refractivity contribution in [1.29, 1.82) is 0 Å². The van der Waals surface area contributed by atoms with E-state index in [0.29, 0.717) is 5.56 Å². The molecule has 3 nitrogen and oxygen atoms in total. The molecule has 2 aromatic rings. The lowest BCUT2D eigenvalue weighted by Gasteiger charge is -2.09. The average molecular weight is 312 g/mol. The molecule has 88 valence electrons. The van der Waals surface area contributed by atoms with E-state index in [4.69, 9.17) is 5.14 Å². The molecule has 5 heteroatoms. The maximum Gasteiger partial charge on any atom is 0.238 e.